The van der Waals surface area contributed by atoms with Crippen LogP contribution in [0.1, 0.15) is 52.0 Å². The summed E-state index contributed by atoms with van der Waals surface area (Å²) in [6.45, 7) is 8.85. The molecule has 0 spiro atoms. The zero-order chi connectivity index (χ0) is 42.2. The molecule has 1 atom stereocenters. The summed E-state index contributed by atoms with van der Waals surface area (Å²) in [6, 6.07) is 15.8. The molecule has 1 aliphatic carbocycles. The second-order valence-electron chi connectivity index (χ2n) is 15.2. The number of hydrogen-bond donors (Lipinski definition) is 5. The third-order valence-electron chi connectivity index (χ3n) is 9.77. The minimum Gasteiger partial charge on any atom is -0.475 e. The molecule has 1 saturated carbocycles. The van der Waals surface area contributed by atoms with E-state index in [-0.39, 0.29) is 23.8 Å². The molecule has 1 aliphatic heterocycles. The standard InChI is InChI=1S/C38H47N7O6.C2HF3O2/c1-38(2,3)51-37(49)41-23-25-6-10-27(11-7-25)35(47)45(29-12-13-30-32(22-29)42-43-34(30)46)36(48)31(39)20-24-4-8-26(9-5-24)28-14-15-40-33(21-28)44-16-18-50-19-17-44;3-2(4,5)1(6)7/h4-5,8-9,12-15,21-22,25,27,31H,6-7,10-11,16-20,23,39H2,1-3H3,(H,41,49)(H2,42,43,46);(H,6,7)/t25?,27?,31-;/m0./s1. The largest absolute Gasteiger partial charge is 0.490 e. The van der Waals surface area contributed by atoms with E-state index in [0.717, 1.165) is 35.6 Å². The van der Waals surface area contributed by atoms with Crippen LogP contribution in [0.25, 0.3) is 22.0 Å². The number of alkyl halides is 3. The van der Waals surface area contributed by atoms with Gasteiger partial charge >= 0.3 is 18.2 Å². The number of rotatable bonds is 9. The number of amides is 3. The number of benzene rings is 2. The first-order chi connectivity index (χ1) is 27.4. The Hall–Kier alpha value is -5.75. The van der Waals surface area contributed by atoms with E-state index >= 15 is 0 Å². The zero-order valence-corrected chi connectivity index (χ0v) is 32.4. The number of nitrogens with two attached hydrogens (primary N) is 1. The van der Waals surface area contributed by atoms with Gasteiger partial charge in [0.25, 0.3) is 11.5 Å². The van der Waals surface area contributed by atoms with Crippen molar-refractivity contribution in [3.8, 4) is 11.1 Å². The summed E-state index contributed by atoms with van der Waals surface area (Å²) in [5.74, 6) is -2.90. The van der Waals surface area contributed by atoms with Crippen LogP contribution in [0.2, 0.25) is 0 Å². The molecule has 0 unspecified atom stereocenters. The van der Waals surface area contributed by atoms with Gasteiger partial charge in [-0.15, -0.1) is 0 Å². The third kappa shape index (κ3) is 11.7. The second kappa shape index (κ2) is 18.7. The number of fused-ring (bicyclic) bond motifs is 1. The lowest BCUT2D eigenvalue weighted by molar-refractivity contribution is -0.192. The number of halogens is 3. The number of carbonyl (C=O) groups is 4. The number of morpholine rings is 1. The highest BCUT2D eigenvalue weighted by Gasteiger charge is 2.38. The van der Waals surface area contributed by atoms with Crippen LogP contribution in [0, 0.1) is 11.8 Å². The van der Waals surface area contributed by atoms with Gasteiger partial charge in [0.15, 0.2) is 0 Å². The molecule has 0 bridgehead atoms. The fraction of sp³-hybridized carbons (Fsp3) is 0.450. The number of nitrogens with zero attached hydrogens (tertiary/aromatic N) is 3. The number of alkyl carbamates (subject to hydrolysis) is 1. The number of carboxylic acids is 1. The number of nitrogens with one attached hydrogen (secondary N) is 3. The van der Waals surface area contributed by atoms with Gasteiger partial charge < -0.3 is 30.5 Å². The number of carboxylic acid groups (broad SMARTS) is 1. The number of carbonyl (C=O) groups excluding carboxylic acids is 3. The van der Waals surface area contributed by atoms with E-state index in [0.29, 0.717) is 62.0 Å². The average molecular weight is 812 g/mol. The van der Waals surface area contributed by atoms with Gasteiger partial charge in [-0.25, -0.2) is 19.5 Å². The summed E-state index contributed by atoms with van der Waals surface area (Å²) in [7, 11) is 0. The van der Waals surface area contributed by atoms with Crippen LogP contribution in [-0.4, -0.2) is 94.8 Å². The maximum atomic E-state index is 14.2. The van der Waals surface area contributed by atoms with Crippen LogP contribution in [0.5, 0.6) is 0 Å². The van der Waals surface area contributed by atoms with E-state index < -0.39 is 41.7 Å². The van der Waals surface area contributed by atoms with Gasteiger partial charge in [-0.1, -0.05) is 24.3 Å². The van der Waals surface area contributed by atoms with E-state index in [2.05, 4.69) is 31.5 Å². The fourth-order valence-electron chi connectivity index (χ4n) is 6.77. The minimum atomic E-state index is -5.08. The lowest BCUT2D eigenvalue weighted by Crippen LogP contribution is -2.50. The first-order valence-corrected chi connectivity index (χ1v) is 18.9. The predicted molar refractivity (Wildman–Crippen MR) is 209 cm³/mol. The second-order valence-corrected chi connectivity index (χ2v) is 15.2. The van der Waals surface area contributed by atoms with Crippen LogP contribution >= 0.6 is 0 Å². The number of ether oxygens (including phenoxy) is 2. The van der Waals surface area contributed by atoms with Crippen molar-refractivity contribution in [3.05, 3.63) is 76.7 Å². The molecular weight excluding hydrogens is 763 g/mol. The smallest absolute Gasteiger partial charge is 0.475 e. The first-order valence-electron chi connectivity index (χ1n) is 18.9. The molecule has 6 N–H and O–H groups in total. The molecule has 2 fully saturated rings. The molecule has 18 heteroatoms. The Bertz CT molecular complexity index is 2120. The summed E-state index contributed by atoms with van der Waals surface area (Å²) in [5, 5.41) is 15.8. The van der Waals surface area contributed by atoms with Crippen molar-refractivity contribution in [2.24, 2.45) is 17.6 Å². The monoisotopic (exact) mass is 811 g/mol. The number of aliphatic carboxylic acids is 1. The van der Waals surface area contributed by atoms with E-state index in [1.54, 1.807) is 18.2 Å². The molecule has 58 heavy (non-hydrogen) atoms. The van der Waals surface area contributed by atoms with E-state index in [9.17, 15) is 32.3 Å². The minimum absolute atomic E-state index is 0.190. The van der Waals surface area contributed by atoms with Crippen LogP contribution in [0.3, 0.4) is 0 Å². The topological polar surface area (TPSA) is 213 Å². The Morgan fingerprint density at radius 1 is 0.983 bits per heavy atom. The predicted octanol–water partition coefficient (Wildman–Crippen LogP) is 5.15. The average Bonchev–Trinajstić information content (AvgIpc) is 3.56. The van der Waals surface area contributed by atoms with Gasteiger partial charge in [-0.3, -0.25) is 24.6 Å². The Balaban J connectivity index is 0.000000839. The maximum absolute atomic E-state index is 14.2. The normalized spacial score (nSPS) is 17.7. The molecule has 15 nitrogen and oxygen atoms in total. The number of anilines is 2. The molecule has 6 rings (SSSR count). The van der Waals surface area contributed by atoms with Crippen molar-refractivity contribution < 1.29 is 46.9 Å². The Kier molecular flexibility index (Phi) is 14.0. The Morgan fingerprint density at radius 3 is 2.26 bits per heavy atom. The molecule has 312 valence electrons. The quantitative estimate of drug-likeness (QED) is 0.149. The molecule has 2 aromatic heterocycles. The summed E-state index contributed by atoms with van der Waals surface area (Å²) < 4.78 is 42.6. The van der Waals surface area contributed by atoms with Crippen molar-refractivity contribution in [2.75, 3.05) is 42.6 Å². The fourth-order valence-corrected chi connectivity index (χ4v) is 6.77. The van der Waals surface area contributed by atoms with E-state index in [1.165, 1.54) is 4.90 Å². The number of H-pyrrole nitrogens is 2. The van der Waals surface area contributed by atoms with Gasteiger partial charge in [0.05, 0.1) is 35.8 Å². The van der Waals surface area contributed by atoms with Crippen molar-refractivity contribution in [1.29, 1.82) is 0 Å². The molecule has 1 saturated heterocycles. The first kappa shape index (κ1) is 43.4. The van der Waals surface area contributed by atoms with Crippen molar-refractivity contribution in [2.45, 2.75) is 70.7 Å². The highest BCUT2D eigenvalue weighted by molar-refractivity contribution is 6.17. The highest BCUT2D eigenvalue weighted by Crippen LogP contribution is 2.32. The summed E-state index contributed by atoms with van der Waals surface area (Å²) in [5.41, 5.74) is 9.43. The van der Waals surface area contributed by atoms with E-state index in [4.69, 9.17) is 25.1 Å². The summed E-state index contributed by atoms with van der Waals surface area (Å²) in [4.78, 5) is 69.5. The number of pyridine rings is 1. The lowest BCUT2D eigenvalue weighted by atomic mass is 9.81. The van der Waals surface area contributed by atoms with Gasteiger partial charge in [-0.05, 0) is 106 Å². The van der Waals surface area contributed by atoms with E-state index in [1.807, 2.05) is 57.3 Å². The SMILES string of the molecule is CC(C)(C)OC(=O)NCC1CCC(C(=O)N(C(=O)[C@@H](N)Cc2ccc(-c3ccnc(N4CCOCC4)c3)cc2)c2ccc3c(=O)[nH][nH]c3c2)CC1.O=C(O)C(F)(F)F. The zero-order valence-electron chi connectivity index (χ0n) is 32.4. The Morgan fingerprint density at radius 2 is 1.64 bits per heavy atom. The Labute approximate surface area is 332 Å². The highest BCUT2D eigenvalue weighted by atomic mass is 19.4. The van der Waals surface area contributed by atoms with Crippen molar-refractivity contribution >= 4 is 46.3 Å². The van der Waals surface area contributed by atoms with Crippen LogP contribution in [0.15, 0.2) is 65.6 Å². The van der Waals surface area contributed by atoms with Crippen LogP contribution in [-0.2, 0) is 30.3 Å². The van der Waals surface area contributed by atoms with Crippen LogP contribution < -0.4 is 26.4 Å². The molecule has 2 aliphatic rings. The van der Waals surface area contributed by atoms with Crippen molar-refractivity contribution in [3.63, 3.8) is 0 Å². The summed E-state index contributed by atoms with van der Waals surface area (Å²) in [6.07, 6.45) is -0.969. The van der Waals surface area contributed by atoms with Crippen molar-refractivity contribution in [1.82, 2.24) is 20.5 Å². The number of imide groups is 1. The van der Waals surface area contributed by atoms with Crippen LogP contribution in [0.4, 0.5) is 29.5 Å². The maximum Gasteiger partial charge on any atom is 0.490 e. The molecule has 3 amide bonds. The molecule has 4 aromatic rings. The van der Waals surface area contributed by atoms with Gasteiger partial charge in [-0.2, -0.15) is 13.2 Å². The third-order valence-corrected chi connectivity index (χ3v) is 9.77. The lowest BCUT2D eigenvalue weighted by Gasteiger charge is -2.32. The van der Waals surface area contributed by atoms with Gasteiger partial charge in [0, 0.05) is 31.7 Å². The number of aromatic amines is 2. The molecule has 3 heterocycles. The number of aromatic nitrogens is 3. The summed E-state index contributed by atoms with van der Waals surface area (Å²) >= 11 is 0. The molecule has 0 radical (unpaired) electrons. The molecular formula is C40H48F3N7O8. The molecule has 2 aromatic carbocycles. The van der Waals surface area contributed by atoms with Gasteiger partial charge in [0.2, 0.25) is 5.91 Å². The van der Waals surface area contributed by atoms with Gasteiger partial charge in [0.1, 0.15) is 11.4 Å². The number of hydrogen-bond acceptors (Lipinski definition) is 10.